The van der Waals surface area contributed by atoms with E-state index in [1.807, 2.05) is 12.1 Å². The van der Waals surface area contributed by atoms with E-state index >= 15 is 0 Å². The smallest absolute Gasteiger partial charge is 0.225 e. The summed E-state index contributed by atoms with van der Waals surface area (Å²) in [5, 5.41) is 3.13. The normalized spacial score (nSPS) is 16.0. The Morgan fingerprint density at radius 1 is 1.12 bits per heavy atom. The number of aromatic nitrogens is 2. The number of carbonyl (C=O) groups excluding carboxylic acids is 1. The van der Waals surface area contributed by atoms with Gasteiger partial charge in [0.05, 0.1) is 5.92 Å². The highest BCUT2D eigenvalue weighted by atomic mass is 19.1. The number of amides is 1. The molecule has 0 saturated carbocycles. The Morgan fingerprint density at radius 3 is 2.65 bits per heavy atom. The molecule has 34 heavy (non-hydrogen) atoms. The number of likely N-dealkylation sites (N-methyl/N-ethyl adjacent to an activating group) is 1. The second-order valence-corrected chi connectivity index (χ2v) is 8.71. The number of rotatable bonds is 9. The molecule has 0 spiro atoms. The third-order valence-electron chi connectivity index (χ3n) is 6.29. The van der Waals surface area contributed by atoms with E-state index in [1.165, 1.54) is 17.7 Å². The predicted molar refractivity (Wildman–Crippen MR) is 133 cm³/mol. The Kier molecular flexibility index (Phi) is 8.20. The largest absolute Gasteiger partial charge is 0.355 e. The molecule has 1 atom stereocenters. The van der Waals surface area contributed by atoms with E-state index in [2.05, 4.69) is 56.3 Å². The molecule has 1 aliphatic rings. The number of benzene rings is 2. The maximum atomic E-state index is 13.5. The summed E-state index contributed by atoms with van der Waals surface area (Å²) in [6.07, 6.45) is 5.22. The molecule has 1 N–H and O–H groups in total. The number of anilines is 1. The van der Waals surface area contributed by atoms with Crippen LogP contribution in [0.2, 0.25) is 0 Å². The Morgan fingerprint density at radius 2 is 1.91 bits per heavy atom. The predicted octanol–water partition coefficient (Wildman–Crippen LogP) is 4.14. The van der Waals surface area contributed by atoms with Crippen LogP contribution in [0.5, 0.6) is 0 Å². The molecule has 0 bridgehead atoms. The third-order valence-corrected chi connectivity index (χ3v) is 6.29. The molecule has 0 aliphatic carbocycles. The number of nitrogens with zero attached hydrogens (tertiary/aromatic N) is 4. The fourth-order valence-corrected chi connectivity index (χ4v) is 4.35. The van der Waals surface area contributed by atoms with E-state index < -0.39 is 0 Å². The first-order valence-corrected chi connectivity index (χ1v) is 12.0. The van der Waals surface area contributed by atoms with Crippen molar-refractivity contribution in [1.29, 1.82) is 0 Å². The zero-order valence-electron chi connectivity index (χ0n) is 19.7. The van der Waals surface area contributed by atoms with Crippen LogP contribution in [-0.2, 0) is 11.3 Å². The monoisotopic (exact) mass is 461 g/mol. The Bertz CT molecular complexity index is 1060. The molecule has 7 heteroatoms. The highest BCUT2D eigenvalue weighted by Gasteiger charge is 2.27. The highest BCUT2D eigenvalue weighted by Crippen LogP contribution is 2.23. The number of nitrogens with one attached hydrogen (secondary N) is 1. The van der Waals surface area contributed by atoms with Gasteiger partial charge >= 0.3 is 0 Å². The van der Waals surface area contributed by atoms with E-state index in [0.29, 0.717) is 19.0 Å². The summed E-state index contributed by atoms with van der Waals surface area (Å²) >= 11 is 0. The van der Waals surface area contributed by atoms with Crippen LogP contribution in [0, 0.1) is 11.7 Å². The Balaban J connectivity index is 1.28. The van der Waals surface area contributed by atoms with Gasteiger partial charge in [-0.05, 0) is 42.6 Å². The summed E-state index contributed by atoms with van der Waals surface area (Å²) in [5.74, 6) is 0.340. The van der Waals surface area contributed by atoms with E-state index in [4.69, 9.17) is 0 Å². The van der Waals surface area contributed by atoms with Crippen molar-refractivity contribution in [3.63, 3.8) is 0 Å². The molecular formula is C27H32FN5O. The highest BCUT2D eigenvalue weighted by molar-refractivity contribution is 5.79. The SMILES string of the molecule is CCN(CCNC(=O)[C@@H]1CCCN(c2ncc(-c3cccc(F)c3)cn2)C1)Cc1ccccc1. The lowest BCUT2D eigenvalue weighted by Gasteiger charge is -2.32. The molecule has 2 heterocycles. The molecule has 1 aliphatic heterocycles. The van der Waals surface area contributed by atoms with Crippen molar-refractivity contribution >= 4 is 11.9 Å². The molecule has 178 valence electrons. The van der Waals surface area contributed by atoms with Gasteiger partial charge in [0.25, 0.3) is 0 Å². The van der Waals surface area contributed by atoms with Gasteiger partial charge in [-0.15, -0.1) is 0 Å². The lowest BCUT2D eigenvalue weighted by atomic mass is 9.97. The van der Waals surface area contributed by atoms with E-state index in [9.17, 15) is 9.18 Å². The molecule has 0 radical (unpaired) electrons. The van der Waals surface area contributed by atoms with Gasteiger partial charge in [-0.1, -0.05) is 49.4 Å². The van der Waals surface area contributed by atoms with Gasteiger partial charge in [-0.25, -0.2) is 14.4 Å². The summed E-state index contributed by atoms with van der Waals surface area (Å²) in [4.78, 5) is 26.2. The van der Waals surface area contributed by atoms with Crippen LogP contribution in [0.3, 0.4) is 0 Å². The Hall–Kier alpha value is -3.32. The molecule has 4 rings (SSSR count). The maximum Gasteiger partial charge on any atom is 0.225 e. The number of hydrogen-bond donors (Lipinski definition) is 1. The van der Waals surface area contributed by atoms with Crippen molar-refractivity contribution in [2.45, 2.75) is 26.3 Å². The van der Waals surface area contributed by atoms with Crippen molar-refractivity contribution in [2.24, 2.45) is 5.92 Å². The summed E-state index contributed by atoms with van der Waals surface area (Å²) in [6.45, 7) is 6.84. The minimum Gasteiger partial charge on any atom is -0.355 e. The number of hydrogen-bond acceptors (Lipinski definition) is 5. The van der Waals surface area contributed by atoms with Crippen LogP contribution in [0.1, 0.15) is 25.3 Å². The second kappa shape index (κ2) is 11.7. The topological polar surface area (TPSA) is 61.4 Å². The average Bonchev–Trinajstić information content (AvgIpc) is 2.89. The molecule has 1 amide bonds. The molecule has 1 saturated heterocycles. The molecule has 0 unspecified atom stereocenters. The standard InChI is InChI=1S/C27H32FN5O/c1-2-32(19-21-8-4-3-5-9-21)15-13-29-26(34)23-11-7-14-33(20-23)27-30-17-24(18-31-27)22-10-6-12-25(28)16-22/h3-6,8-10,12,16-18,23H,2,7,11,13-15,19-20H2,1H3,(H,29,34)/t23-/m1/s1. The van der Waals surface area contributed by atoms with Gasteiger partial charge in [-0.3, -0.25) is 9.69 Å². The summed E-state index contributed by atoms with van der Waals surface area (Å²) in [5.41, 5.74) is 2.79. The van der Waals surface area contributed by atoms with E-state index in [1.54, 1.807) is 18.5 Å². The van der Waals surface area contributed by atoms with Gasteiger partial charge in [0.2, 0.25) is 11.9 Å². The van der Waals surface area contributed by atoms with Crippen LogP contribution < -0.4 is 10.2 Å². The molecule has 1 fully saturated rings. The lowest BCUT2D eigenvalue weighted by Crippen LogP contribution is -2.45. The summed E-state index contributed by atoms with van der Waals surface area (Å²) in [6, 6.07) is 16.8. The molecule has 3 aromatic rings. The fourth-order valence-electron chi connectivity index (χ4n) is 4.35. The minimum absolute atomic E-state index is 0.0792. The van der Waals surface area contributed by atoms with Gasteiger partial charge in [0.1, 0.15) is 5.82 Å². The number of carbonyl (C=O) groups is 1. The molecule has 2 aromatic carbocycles. The number of piperidine rings is 1. The van der Waals surface area contributed by atoms with E-state index in [0.717, 1.165) is 50.1 Å². The van der Waals surface area contributed by atoms with Crippen LogP contribution in [0.15, 0.2) is 67.0 Å². The third kappa shape index (κ3) is 6.38. The zero-order valence-corrected chi connectivity index (χ0v) is 19.7. The second-order valence-electron chi connectivity index (χ2n) is 8.71. The Labute approximate surface area is 200 Å². The summed E-state index contributed by atoms with van der Waals surface area (Å²) < 4.78 is 13.5. The summed E-state index contributed by atoms with van der Waals surface area (Å²) in [7, 11) is 0. The van der Waals surface area contributed by atoms with Crippen LogP contribution in [0.25, 0.3) is 11.1 Å². The van der Waals surface area contributed by atoms with Gasteiger partial charge in [0, 0.05) is 50.7 Å². The van der Waals surface area contributed by atoms with Gasteiger partial charge in [0.15, 0.2) is 0 Å². The average molecular weight is 462 g/mol. The van der Waals surface area contributed by atoms with Gasteiger partial charge in [-0.2, -0.15) is 0 Å². The first-order valence-electron chi connectivity index (χ1n) is 12.0. The van der Waals surface area contributed by atoms with Gasteiger partial charge < -0.3 is 10.2 Å². The first-order chi connectivity index (χ1) is 16.6. The van der Waals surface area contributed by atoms with E-state index in [-0.39, 0.29) is 17.6 Å². The zero-order chi connectivity index (χ0) is 23.8. The minimum atomic E-state index is -0.284. The van der Waals surface area contributed by atoms with Crippen molar-refractivity contribution < 1.29 is 9.18 Å². The van der Waals surface area contributed by atoms with Crippen LogP contribution in [-0.4, -0.2) is 53.5 Å². The van der Waals surface area contributed by atoms with Crippen molar-refractivity contribution in [3.05, 3.63) is 78.4 Å². The molecule has 6 nitrogen and oxygen atoms in total. The van der Waals surface area contributed by atoms with Crippen LogP contribution >= 0.6 is 0 Å². The molecular weight excluding hydrogens is 429 g/mol. The van der Waals surface area contributed by atoms with Crippen molar-refractivity contribution in [1.82, 2.24) is 20.2 Å². The maximum absolute atomic E-state index is 13.5. The molecule has 1 aromatic heterocycles. The van der Waals surface area contributed by atoms with Crippen molar-refractivity contribution in [3.8, 4) is 11.1 Å². The van der Waals surface area contributed by atoms with Crippen LogP contribution in [0.4, 0.5) is 10.3 Å². The first kappa shape index (κ1) is 23.8. The fraction of sp³-hybridized carbons (Fsp3) is 0.370. The number of halogens is 1. The lowest BCUT2D eigenvalue weighted by molar-refractivity contribution is -0.125. The van der Waals surface area contributed by atoms with Crippen molar-refractivity contribution in [2.75, 3.05) is 37.6 Å². The quantitative estimate of drug-likeness (QED) is 0.519.